The van der Waals surface area contributed by atoms with Crippen LogP contribution in [0.2, 0.25) is 0 Å². The molecule has 0 bridgehead atoms. The molecule has 0 aliphatic rings. The van der Waals surface area contributed by atoms with Crippen LogP contribution in [0.4, 0.5) is 0 Å². The van der Waals surface area contributed by atoms with E-state index in [9.17, 15) is 4.79 Å². The van der Waals surface area contributed by atoms with Crippen molar-refractivity contribution < 1.29 is 4.79 Å². The maximum atomic E-state index is 11.4. The summed E-state index contributed by atoms with van der Waals surface area (Å²) in [5.74, 6) is 0.613. The molecule has 0 spiro atoms. The largest absolute Gasteiger partial charge is 0.355 e. The molecule has 1 heterocycles. The summed E-state index contributed by atoms with van der Waals surface area (Å²) in [4.78, 5) is 17.0. The molecule has 0 fully saturated rings. The zero-order chi connectivity index (χ0) is 13.4. The summed E-state index contributed by atoms with van der Waals surface area (Å²) in [5.41, 5.74) is 0. The van der Waals surface area contributed by atoms with Crippen LogP contribution in [-0.4, -0.2) is 60.8 Å². The number of nitrogens with one attached hydrogen (secondary N) is 2. The van der Waals surface area contributed by atoms with E-state index in [1.807, 2.05) is 16.9 Å². The van der Waals surface area contributed by atoms with Crippen LogP contribution in [0.5, 0.6) is 0 Å². The van der Waals surface area contributed by atoms with Crippen LogP contribution in [0.25, 0.3) is 0 Å². The maximum absolute atomic E-state index is 11.4. The molecule has 7 nitrogen and oxygen atoms in total. The average molecular weight is 380 g/mol. The molecule has 0 aliphatic heterocycles. The van der Waals surface area contributed by atoms with Gasteiger partial charge in [0.1, 0.15) is 0 Å². The van der Waals surface area contributed by atoms with Crippen LogP contribution in [0.15, 0.2) is 23.5 Å². The van der Waals surface area contributed by atoms with Crippen molar-refractivity contribution >= 4 is 35.8 Å². The lowest BCUT2D eigenvalue weighted by molar-refractivity contribution is -0.127. The molecule has 1 rings (SSSR count). The van der Waals surface area contributed by atoms with Gasteiger partial charge in [-0.3, -0.25) is 14.5 Å². The number of carbonyl (C=O) groups is 1. The number of nitrogens with zero attached hydrogens (tertiary/aromatic N) is 4. The predicted octanol–water partition coefficient (Wildman–Crippen LogP) is -0.246. The standard InChI is InChI=1S/C11H20N6O.HI/c1-12-11(14-9-10(18)16(2)3)13-6-8-17-7-4-5-15-17;/h4-5,7H,6,8-9H2,1-3H3,(H2,12,13,14);1H. The van der Waals surface area contributed by atoms with Crippen molar-refractivity contribution in [1.82, 2.24) is 25.3 Å². The lowest BCUT2D eigenvalue weighted by atomic mass is 10.5. The third-order valence-corrected chi connectivity index (χ3v) is 2.32. The average Bonchev–Trinajstić information content (AvgIpc) is 2.85. The molecule has 0 aliphatic carbocycles. The van der Waals surface area contributed by atoms with Crippen LogP contribution in [0, 0.1) is 0 Å². The quantitative estimate of drug-likeness (QED) is 0.420. The number of carbonyl (C=O) groups excluding carboxylic acids is 1. The van der Waals surface area contributed by atoms with Crippen molar-refractivity contribution in [3.63, 3.8) is 0 Å². The van der Waals surface area contributed by atoms with E-state index in [2.05, 4.69) is 20.7 Å². The van der Waals surface area contributed by atoms with Crippen molar-refractivity contribution in [3.8, 4) is 0 Å². The Labute approximate surface area is 130 Å². The Kier molecular flexibility index (Phi) is 8.92. The van der Waals surface area contributed by atoms with Crippen LogP contribution in [0.3, 0.4) is 0 Å². The fraction of sp³-hybridized carbons (Fsp3) is 0.545. The highest BCUT2D eigenvalue weighted by Gasteiger charge is 2.04. The summed E-state index contributed by atoms with van der Waals surface area (Å²) in [6.07, 6.45) is 3.64. The summed E-state index contributed by atoms with van der Waals surface area (Å²) >= 11 is 0. The first-order valence-electron chi connectivity index (χ1n) is 5.75. The number of likely N-dealkylation sites (N-methyl/N-ethyl adjacent to an activating group) is 1. The second-order valence-corrected chi connectivity index (χ2v) is 3.91. The smallest absolute Gasteiger partial charge is 0.241 e. The second kappa shape index (κ2) is 9.59. The molecule has 1 aromatic rings. The van der Waals surface area contributed by atoms with E-state index >= 15 is 0 Å². The van der Waals surface area contributed by atoms with E-state index in [1.165, 1.54) is 4.90 Å². The first-order chi connectivity index (χ1) is 8.63. The summed E-state index contributed by atoms with van der Waals surface area (Å²) in [6.45, 7) is 1.67. The van der Waals surface area contributed by atoms with Crippen molar-refractivity contribution in [2.45, 2.75) is 6.54 Å². The monoisotopic (exact) mass is 380 g/mol. The van der Waals surface area contributed by atoms with Crippen molar-refractivity contribution in [2.24, 2.45) is 4.99 Å². The first-order valence-corrected chi connectivity index (χ1v) is 5.75. The lowest BCUT2D eigenvalue weighted by Gasteiger charge is -2.14. The molecule has 1 aromatic heterocycles. The summed E-state index contributed by atoms with van der Waals surface area (Å²) in [6, 6.07) is 1.88. The highest BCUT2D eigenvalue weighted by Crippen LogP contribution is 1.82. The molecule has 0 aromatic carbocycles. The summed E-state index contributed by atoms with van der Waals surface area (Å²) in [7, 11) is 5.11. The van der Waals surface area contributed by atoms with Crippen molar-refractivity contribution in [2.75, 3.05) is 34.2 Å². The number of aliphatic imine (C=N–C) groups is 1. The fourth-order valence-electron chi connectivity index (χ4n) is 1.26. The van der Waals surface area contributed by atoms with E-state index in [4.69, 9.17) is 0 Å². The van der Waals surface area contributed by atoms with Gasteiger partial charge in [-0.1, -0.05) is 0 Å². The SMILES string of the molecule is CN=C(NCCn1cccn1)NCC(=O)N(C)C.I. The molecule has 1 amide bonds. The van der Waals surface area contributed by atoms with Crippen LogP contribution < -0.4 is 10.6 Å². The molecular formula is C11H21IN6O. The lowest BCUT2D eigenvalue weighted by Crippen LogP contribution is -2.43. The highest BCUT2D eigenvalue weighted by atomic mass is 127. The van der Waals surface area contributed by atoms with Gasteiger partial charge >= 0.3 is 0 Å². The molecule has 0 unspecified atom stereocenters. The van der Waals surface area contributed by atoms with E-state index in [1.54, 1.807) is 27.3 Å². The summed E-state index contributed by atoms with van der Waals surface area (Å²) in [5, 5.41) is 10.1. The molecule has 0 atom stereocenters. The molecule has 108 valence electrons. The van der Waals surface area contributed by atoms with Gasteiger partial charge in [-0.15, -0.1) is 24.0 Å². The number of halogens is 1. The Hall–Kier alpha value is -1.32. The Morgan fingerprint density at radius 1 is 1.42 bits per heavy atom. The minimum absolute atomic E-state index is 0. The molecular weight excluding hydrogens is 359 g/mol. The second-order valence-electron chi connectivity index (χ2n) is 3.91. The maximum Gasteiger partial charge on any atom is 0.241 e. The molecule has 0 radical (unpaired) electrons. The fourth-order valence-corrected chi connectivity index (χ4v) is 1.26. The van der Waals surface area contributed by atoms with Gasteiger partial charge in [0.05, 0.1) is 13.1 Å². The van der Waals surface area contributed by atoms with Crippen molar-refractivity contribution in [1.29, 1.82) is 0 Å². The van der Waals surface area contributed by atoms with Gasteiger partial charge in [0.15, 0.2) is 5.96 Å². The van der Waals surface area contributed by atoms with Crippen LogP contribution in [0.1, 0.15) is 0 Å². The summed E-state index contributed by atoms with van der Waals surface area (Å²) < 4.78 is 1.82. The number of hydrogen-bond donors (Lipinski definition) is 2. The number of aromatic nitrogens is 2. The Morgan fingerprint density at radius 2 is 2.16 bits per heavy atom. The molecule has 2 N–H and O–H groups in total. The van der Waals surface area contributed by atoms with Gasteiger partial charge in [0.25, 0.3) is 0 Å². The van der Waals surface area contributed by atoms with E-state index in [0.717, 1.165) is 6.54 Å². The number of guanidine groups is 1. The number of hydrogen-bond acceptors (Lipinski definition) is 3. The highest BCUT2D eigenvalue weighted by molar-refractivity contribution is 14.0. The van der Waals surface area contributed by atoms with Crippen molar-refractivity contribution in [3.05, 3.63) is 18.5 Å². The molecule has 0 saturated carbocycles. The topological polar surface area (TPSA) is 74.5 Å². The number of rotatable bonds is 5. The van der Waals surface area contributed by atoms with Crippen LogP contribution in [-0.2, 0) is 11.3 Å². The molecule has 0 saturated heterocycles. The normalized spacial score (nSPS) is 10.6. The Bertz CT molecular complexity index is 390. The van der Waals surface area contributed by atoms with Gasteiger partial charge in [-0.05, 0) is 6.07 Å². The Balaban J connectivity index is 0.00000324. The van der Waals surface area contributed by atoms with Crippen LogP contribution >= 0.6 is 24.0 Å². The third-order valence-electron chi connectivity index (χ3n) is 2.32. The minimum Gasteiger partial charge on any atom is -0.355 e. The van der Waals surface area contributed by atoms with Gasteiger partial charge in [0.2, 0.25) is 5.91 Å². The van der Waals surface area contributed by atoms with Gasteiger partial charge < -0.3 is 15.5 Å². The van der Waals surface area contributed by atoms with Gasteiger partial charge in [0, 0.05) is 40.1 Å². The van der Waals surface area contributed by atoms with E-state index in [-0.39, 0.29) is 36.4 Å². The number of amides is 1. The van der Waals surface area contributed by atoms with E-state index < -0.39 is 0 Å². The van der Waals surface area contributed by atoms with Gasteiger partial charge in [-0.25, -0.2) is 0 Å². The zero-order valence-electron chi connectivity index (χ0n) is 11.5. The molecule has 19 heavy (non-hydrogen) atoms. The first kappa shape index (κ1) is 17.7. The predicted molar refractivity (Wildman–Crippen MR) is 85.7 cm³/mol. The van der Waals surface area contributed by atoms with Gasteiger partial charge in [-0.2, -0.15) is 5.10 Å². The Morgan fingerprint density at radius 3 is 2.68 bits per heavy atom. The van der Waals surface area contributed by atoms with E-state index in [0.29, 0.717) is 12.5 Å². The zero-order valence-corrected chi connectivity index (χ0v) is 13.8. The molecule has 8 heteroatoms. The third kappa shape index (κ3) is 6.99. The minimum atomic E-state index is 0.